The molecule has 0 aliphatic carbocycles. The fourth-order valence-electron chi connectivity index (χ4n) is 6.06. The van der Waals surface area contributed by atoms with Crippen molar-refractivity contribution in [3.8, 4) is 0 Å². The van der Waals surface area contributed by atoms with Crippen LogP contribution in [0.2, 0.25) is 5.02 Å². The number of aromatic nitrogens is 1. The third-order valence-corrected chi connectivity index (χ3v) is 9.31. The number of carbonyl (C=O) groups excluding carboxylic acids is 2. The zero-order valence-electron chi connectivity index (χ0n) is 24.2. The second-order valence-electron chi connectivity index (χ2n) is 11.0. The highest BCUT2D eigenvalue weighted by molar-refractivity contribution is 7.11. The summed E-state index contributed by atoms with van der Waals surface area (Å²) in [4.78, 5) is 53.4. The summed E-state index contributed by atoms with van der Waals surface area (Å²) >= 11 is 7.83. The Labute approximate surface area is 267 Å². The number of rotatable bonds is 9. The Morgan fingerprint density at radius 2 is 2.00 bits per heavy atom. The van der Waals surface area contributed by atoms with Gasteiger partial charge >= 0.3 is 18.0 Å². The number of fused-ring (bicyclic) bond motifs is 1. The van der Waals surface area contributed by atoms with Gasteiger partial charge in [0.05, 0.1) is 18.7 Å². The zero-order chi connectivity index (χ0) is 31.7. The molecule has 11 nitrogen and oxygen atoms in total. The van der Waals surface area contributed by atoms with Gasteiger partial charge in [-0.2, -0.15) is 0 Å². The summed E-state index contributed by atoms with van der Waals surface area (Å²) in [6.07, 6.45) is 1.85. The Hall–Kier alpha value is -4.33. The number of hydrogen-bond acceptors (Lipinski definition) is 9. The molecule has 0 saturated carbocycles. The van der Waals surface area contributed by atoms with Crippen molar-refractivity contribution in [1.82, 2.24) is 25.0 Å². The molecule has 2 aromatic carbocycles. The van der Waals surface area contributed by atoms with Gasteiger partial charge in [0.15, 0.2) is 10.8 Å². The number of urea groups is 1. The quantitative estimate of drug-likeness (QED) is 0.336. The molecule has 0 spiro atoms. The zero-order valence-corrected chi connectivity index (χ0v) is 25.8. The number of nitrogens with zero attached hydrogens (tertiary/aromatic N) is 5. The van der Waals surface area contributed by atoms with Gasteiger partial charge in [0, 0.05) is 67.0 Å². The van der Waals surface area contributed by atoms with Crippen LogP contribution in [0.4, 0.5) is 9.18 Å². The van der Waals surface area contributed by atoms with E-state index in [0.29, 0.717) is 41.7 Å². The molecule has 45 heavy (non-hydrogen) atoms. The number of thiazole rings is 1. The number of esters is 1. The number of amidine groups is 1. The highest BCUT2D eigenvalue weighted by Gasteiger charge is 2.45. The van der Waals surface area contributed by atoms with Crippen LogP contribution in [-0.4, -0.2) is 101 Å². The van der Waals surface area contributed by atoms with E-state index in [0.717, 1.165) is 5.56 Å². The largest absolute Gasteiger partial charge is 0.480 e. The SMILES string of the molecule is COC(=O)C1=C(CN2CCN3C(=O)N(C(Cc4ccccc4)C(=O)O)CC3C2)NC(c2nccs2)=N[C@H]1c1ccc(F)cc1Cl. The summed E-state index contributed by atoms with van der Waals surface area (Å²) in [7, 11) is 1.28. The third kappa shape index (κ3) is 6.28. The first-order chi connectivity index (χ1) is 21.7. The summed E-state index contributed by atoms with van der Waals surface area (Å²) in [5, 5.41) is 15.9. The number of ether oxygens (including phenoxy) is 1. The maximum Gasteiger partial charge on any atom is 0.338 e. The lowest BCUT2D eigenvalue weighted by Gasteiger charge is -2.38. The molecule has 0 radical (unpaired) electrons. The van der Waals surface area contributed by atoms with Crippen molar-refractivity contribution in [3.05, 3.63) is 98.4 Å². The van der Waals surface area contributed by atoms with Crippen LogP contribution in [0.25, 0.3) is 0 Å². The van der Waals surface area contributed by atoms with Gasteiger partial charge in [0.25, 0.3) is 0 Å². The van der Waals surface area contributed by atoms with E-state index >= 15 is 0 Å². The van der Waals surface area contributed by atoms with Crippen molar-refractivity contribution in [1.29, 1.82) is 0 Å². The molecule has 234 valence electrons. The molecule has 1 aromatic heterocycles. The first-order valence-corrected chi connectivity index (χ1v) is 15.6. The van der Waals surface area contributed by atoms with Gasteiger partial charge in [0.1, 0.15) is 17.9 Å². The minimum absolute atomic E-state index is 0.117. The number of benzene rings is 2. The number of amides is 2. The van der Waals surface area contributed by atoms with E-state index in [4.69, 9.17) is 21.3 Å². The van der Waals surface area contributed by atoms with Crippen LogP contribution in [-0.2, 0) is 20.7 Å². The standard InChI is InChI=1S/C31H30ClFN6O5S/c1-44-30(42)25-23(35-27(28-34-9-12-45-28)36-26(25)21-8-7-19(33)14-22(21)32)17-37-10-11-38-20(15-37)16-39(31(38)43)24(29(40)41)13-18-5-3-2-4-6-18/h2-9,12,14,20,24,26H,10-11,13,15-17H2,1H3,(H,35,36)(H,40,41)/t20?,24?,26-/m0/s1. The number of hydrogen-bond donors (Lipinski definition) is 2. The molecule has 2 unspecified atom stereocenters. The smallest absolute Gasteiger partial charge is 0.338 e. The Morgan fingerprint density at radius 3 is 2.69 bits per heavy atom. The summed E-state index contributed by atoms with van der Waals surface area (Å²) in [5.41, 5.74) is 2.02. The third-order valence-electron chi connectivity index (χ3n) is 8.20. The number of halogens is 2. The molecule has 6 rings (SSSR count). The van der Waals surface area contributed by atoms with E-state index in [1.807, 2.05) is 35.7 Å². The predicted molar refractivity (Wildman–Crippen MR) is 166 cm³/mol. The van der Waals surface area contributed by atoms with E-state index in [1.165, 1.54) is 41.5 Å². The van der Waals surface area contributed by atoms with Crippen LogP contribution in [0.5, 0.6) is 0 Å². The molecule has 0 bridgehead atoms. The van der Waals surface area contributed by atoms with Crippen molar-refractivity contribution < 1.29 is 28.6 Å². The summed E-state index contributed by atoms with van der Waals surface area (Å²) < 4.78 is 19.1. The molecule has 4 heterocycles. The maximum atomic E-state index is 14.0. The highest BCUT2D eigenvalue weighted by atomic mass is 35.5. The number of carboxylic acids is 1. The topological polar surface area (TPSA) is 128 Å². The van der Waals surface area contributed by atoms with Crippen molar-refractivity contribution >= 4 is 46.7 Å². The average Bonchev–Trinajstić information content (AvgIpc) is 3.68. The normalized spacial score (nSPS) is 20.9. The molecule has 2 amide bonds. The number of carbonyl (C=O) groups is 3. The Kier molecular flexibility index (Phi) is 8.83. The van der Waals surface area contributed by atoms with Gasteiger partial charge in [-0.15, -0.1) is 11.3 Å². The van der Waals surface area contributed by atoms with Gasteiger partial charge in [-0.05, 0) is 17.7 Å². The van der Waals surface area contributed by atoms with Gasteiger partial charge < -0.3 is 25.0 Å². The number of aliphatic carboxylic acids is 1. The van der Waals surface area contributed by atoms with E-state index in [2.05, 4.69) is 15.2 Å². The maximum absolute atomic E-state index is 14.0. The van der Waals surface area contributed by atoms with Crippen LogP contribution in [0.3, 0.4) is 0 Å². The van der Waals surface area contributed by atoms with E-state index in [1.54, 1.807) is 11.1 Å². The minimum atomic E-state index is -1.05. The number of carboxylic acid groups (broad SMARTS) is 1. The van der Waals surface area contributed by atoms with Crippen molar-refractivity contribution in [2.75, 3.05) is 39.8 Å². The second-order valence-corrected chi connectivity index (χ2v) is 12.3. The fourth-order valence-corrected chi connectivity index (χ4v) is 6.92. The second kappa shape index (κ2) is 13.0. The van der Waals surface area contributed by atoms with Crippen molar-refractivity contribution in [2.45, 2.75) is 24.5 Å². The molecule has 3 aliphatic heterocycles. The molecule has 3 aromatic rings. The highest BCUT2D eigenvalue weighted by Crippen LogP contribution is 2.37. The monoisotopic (exact) mass is 652 g/mol. The number of piperazine rings is 1. The lowest BCUT2D eigenvalue weighted by molar-refractivity contribution is -0.142. The number of nitrogens with one attached hydrogen (secondary N) is 1. The first kappa shape index (κ1) is 30.7. The molecular weight excluding hydrogens is 623 g/mol. The van der Waals surface area contributed by atoms with Crippen molar-refractivity contribution in [3.63, 3.8) is 0 Å². The van der Waals surface area contributed by atoms with E-state index < -0.39 is 29.8 Å². The fraction of sp³-hybridized carbons (Fsp3) is 0.323. The first-order valence-electron chi connectivity index (χ1n) is 14.3. The summed E-state index contributed by atoms with van der Waals surface area (Å²) in [6, 6.07) is 10.8. The molecule has 14 heteroatoms. The van der Waals surface area contributed by atoms with Gasteiger partial charge in [-0.1, -0.05) is 48.0 Å². The van der Waals surface area contributed by atoms with Gasteiger partial charge in [0.2, 0.25) is 0 Å². The molecule has 3 aliphatic rings. The van der Waals surface area contributed by atoms with Crippen LogP contribution in [0.15, 0.2) is 76.4 Å². The lowest BCUT2D eigenvalue weighted by atomic mass is 9.95. The van der Waals surface area contributed by atoms with E-state index in [9.17, 15) is 23.9 Å². The molecule has 3 atom stereocenters. The van der Waals surface area contributed by atoms with Crippen molar-refractivity contribution in [2.24, 2.45) is 4.99 Å². The van der Waals surface area contributed by atoms with Gasteiger partial charge in [-0.3, -0.25) is 9.89 Å². The predicted octanol–water partition coefficient (Wildman–Crippen LogP) is 3.57. The summed E-state index contributed by atoms with van der Waals surface area (Å²) in [5.74, 6) is -1.75. The molecule has 2 fully saturated rings. The van der Waals surface area contributed by atoms with Crippen LogP contribution >= 0.6 is 22.9 Å². The number of aliphatic imine (C=N–C) groups is 1. The lowest BCUT2D eigenvalue weighted by Crippen LogP contribution is -2.53. The average molecular weight is 653 g/mol. The summed E-state index contributed by atoms with van der Waals surface area (Å²) in [6.45, 7) is 1.85. The van der Waals surface area contributed by atoms with E-state index in [-0.39, 0.29) is 42.2 Å². The van der Waals surface area contributed by atoms with Crippen LogP contribution in [0.1, 0.15) is 22.2 Å². The van der Waals surface area contributed by atoms with Gasteiger partial charge in [-0.25, -0.2) is 23.8 Å². The Bertz CT molecular complexity index is 1670. The number of methoxy groups -OCH3 is 1. The Morgan fingerprint density at radius 1 is 1.20 bits per heavy atom. The van der Waals surface area contributed by atoms with Crippen LogP contribution in [0, 0.1) is 5.82 Å². The molecular formula is C31H30ClFN6O5S. The molecule has 2 saturated heterocycles. The Balaban J connectivity index is 1.27. The molecule has 2 N–H and O–H groups in total. The minimum Gasteiger partial charge on any atom is -0.480 e. The van der Waals surface area contributed by atoms with Crippen LogP contribution < -0.4 is 5.32 Å².